The van der Waals surface area contributed by atoms with Crippen molar-refractivity contribution in [1.29, 1.82) is 0 Å². The first kappa shape index (κ1) is 11.3. The van der Waals surface area contributed by atoms with E-state index in [1.54, 1.807) is 30.3 Å². The number of benzene rings is 1. The topological polar surface area (TPSA) is 81.6 Å². The molecule has 1 aromatic carbocycles. The highest BCUT2D eigenvalue weighted by molar-refractivity contribution is 5.74. The molecule has 0 aliphatic heterocycles. The fourth-order valence-corrected chi connectivity index (χ4v) is 2.02. The molecule has 96 valence electrons. The van der Waals surface area contributed by atoms with E-state index in [9.17, 15) is 4.79 Å². The Morgan fingerprint density at radius 3 is 2.84 bits per heavy atom. The van der Waals surface area contributed by atoms with Crippen LogP contribution in [0.4, 0.5) is 5.82 Å². The number of nitrogens with zero attached hydrogens (tertiary/aromatic N) is 3. The van der Waals surface area contributed by atoms with Crippen LogP contribution in [0.1, 0.15) is 0 Å². The number of imidazole rings is 1. The van der Waals surface area contributed by atoms with E-state index in [1.807, 2.05) is 24.3 Å². The second-order valence-electron chi connectivity index (χ2n) is 4.25. The highest BCUT2D eigenvalue weighted by Crippen LogP contribution is 2.26. The van der Waals surface area contributed by atoms with E-state index in [2.05, 4.69) is 10.1 Å². The third-order valence-corrected chi connectivity index (χ3v) is 3.07. The number of H-pyrrole nitrogens is 1. The fraction of sp³-hybridized carbons (Fsp3) is 0.0769. The Kier molecular flexibility index (Phi) is 2.49. The Balaban J connectivity index is 2.13. The van der Waals surface area contributed by atoms with Crippen LogP contribution >= 0.6 is 0 Å². The predicted molar refractivity (Wildman–Crippen MR) is 73.0 cm³/mol. The Bertz CT molecular complexity index is 780. The maximum atomic E-state index is 11.6. The van der Waals surface area contributed by atoms with Crippen molar-refractivity contribution in [3.05, 3.63) is 53.3 Å². The average molecular weight is 255 g/mol. The van der Waals surface area contributed by atoms with Crippen molar-refractivity contribution >= 4 is 5.82 Å². The van der Waals surface area contributed by atoms with Gasteiger partial charge in [-0.25, -0.2) is 4.79 Å². The molecule has 0 amide bonds. The van der Waals surface area contributed by atoms with E-state index in [4.69, 9.17) is 5.73 Å². The molecule has 0 saturated heterocycles. The van der Waals surface area contributed by atoms with Gasteiger partial charge in [0.2, 0.25) is 0 Å². The molecular weight excluding hydrogens is 242 g/mol. The first-order chi connectivity index (χ1) is 9.16. The van der Waals surface area contributed by atoms with Gasteiger partial charge in [-0.2, -0.15) is 5.10 Å². The molecule has 0 unspecified atom stereocenters. The van der Waals surface area contributed by atoms with Gasteiger partial charge in [0.15, 0.2) is 0 Å². The monoisotopic (exact) mass is 255 g/mol. The van der Waals surface area contributed by atoms with Crippen LogP contribution in [0.25, 0.3) is 16.8 Å². The second-order valence-corrected chi connectivity index (χ2v) is 4.25. The van der Waals surface area contributed by atoms with Crippen molar-refractivity contribution in [3.63, 3.8) is 0 Å². The van der Waals surface area contributed by atoms with Gasteiger partial charge in [-0.15, -0.1) is 0 Å². The lowest BCUT2D eigenvalue weighted by Crippen LogP contribution is -2.13. The molecule has 0 radical (unpaired) electrons. The maximum Gasteiger partial charge on any atom is 0.330 e. The lowest BCUT2D eigenvalue weighted by atomic mass is 10.1. The van der Waals surface area contributed by atoms with Crippen molar-refractivity contribution in [2.45, 2.75) is 0 Å². The van der Waals surface area contributed by atoms with Gasteiger partial charge in [-0.05, 0) is 17.7 Å². The molecule has 0 spiro atoms. The molecule has 0 aliphatic rings. The summed E-state index contributed by atoms with van der Waals surface area (Å²) in [6.07, 6.45) is 5.01. The summed E-state index contributed by atoms with van der Waals surface area (Å²) in [7, 11) is 1.79. The molecule has 6 nitrogen and oxygen atoms in total. The van der Waals surface area contributed by atoms with Crippen LogP contribution in [0, 0.1) is 0 Å². The minimum Gasteiger partial charge on any atom is -0.383 e. The van der Waals surface area contributed by atoms with Gasteiger partial charge in [0, 0.05) is 25.0 Å². The van der Waals surface area contributed by atoms with Crippen molar-refractivity contribution in [3.8, 4) is 16.8 Å². The number of aryl methyl sites for hydroxylation is 1. The average Bonchev–Trinajstić information content (AvgIpc) is 2.98. The zero-order valence-corrected chi connectivity index (χ0v) is 10.4. The standard InChI is InChI=1S/C13H13N5O/c1-17-12(14)11(8-16-17)9-3-2-4-10(7-9)18-6-5-15-13(18)19/h2-8H,14H2,1H3,(H,15,19). The second kappa shape index (κ2) is 4.16. The van der Waals surface area contributed by atoms with Crippen molar-refractivity contribution in [2.24, 2.45) is 7.05 Å². The molecule has 2 heterocycles. The summed E-state index contributed by atoms with van der Waals surface area (Å²) in [6.45, 7) is 0. The number of anilines is 1. The van der Waals surface area contributed by atoms with Gasteiger partial charge < -0.3 is 10.7 Å². The molecule has 19 heavy (non-hydrogen) atoms. The van der Waals surface area contributed by atoms with Crippen LogP contribution < -0.4 is 11.4 Å². The molecule has 6 heteroatoms. The Hall–Kier alpha value is -2.76. The Labute approximate surface area is 109 Å². The van der Waals surface area contributed by atoms with Gasteiger partial charge in [0.05, 0.1) is 11.9 Å². The smallest absolute Gasteiger partial charge is 0.330 e. The zero-order chi connectivity index (χ0) is 13.4. The van der Waals surface area contributed by atoms with Gasteiger partial charge in [-0.3, -0.25) is 9.25 Å². The molecule has 3 aromatic rings. The highest BCUT2D eigenvalue weighted by Gasteiger charge is 2.08. The number of nitrogens with one attached hydrogen (secondary N) is 1. The van der Waals surface area contributed by atoms with E-state index in [1.165, 1.54) is 4.57 Å². The number of nitrogen functional groups attached to an aromatic ring is 1. The van der Waals surface area contributed by atoms with E-state index in [-0.39, 0.29) is 5.69 Å². The number of hydrogen-bond acceptors (Lipinski definition) is 3. The van der Waals surface area contributed by atoms with Crippen LogP contribution in [0.5, 0.6) is 0 Å². The summed E-state index contributed by atoms with van der Waals surface area (Å²) in [5.41, 5.74) is 8.35. The minimum atomic E-state index is -0.170. The number of nitrogens with two attached hydrogens (primary N) is 1. The first-order valence-electron chi connectivity index (χ1n) is 5.81. The highest BCUT2D eigenvalue weighted by atomic mass is 16.1. The molecule has 0 bridgehead atoms. The molecule has 0 atom stereocenters. The maximum absolute atomic E-state index is 11.6. The first-order valence-corrected chi connectivity index (χ1v) is 5.81. The van der Waals surface area contributed by atoms with Crippen molar-refractivity contribution in [1.82, 2.24) is 19.3 Å². The SMILES string of the molecule is Cn1ncc(-c2cccc(-n3cc[nH]c3=O)c2)c1N. The van der Waals surface area contributed by atoms with Crippen LogP contribution in [-0.2, 0) is 7.05 Å². The lowest BCUT2D eigenvalue weighted by molar-refractivity contribution is 0.779. The molecule has 3 N–H and O–H groups in total. The number of aromatic amines is 1. The lowest BCUT2D eigenvalue weighted by Gasteiger charge is -2.05. The molecule has 0 fully saturated rings. The van der Waals surface area contributed by atoms with Gasteiger partial charge in [0.1, 0.15) is 5.82 Å². The van der Waals surface area contributed by atoms with Crippen molar-refractivity contribution in [2.75, 3.05) is 5.73 Å². The summed E-state index contributed by atoms with van der Waals surface area (Å²) in [4.78, 5) is 14.2. The van der Waals surface area contributed by atoms with E-state index in [0.717, 1.165) is 16.8 Å². The van der Waals surface area contributed by atoms with Crippen LogP contribution in [0.3, 0.4) is 0 Å². The summed E-state index contributed by atoms with van der Waals surface area (Å²) >= 11 is 0. The number of aromatic nitrogens is 4. The largest absolute Gasteiger partial charge is 0.383 e. The normalized spacial score (nSPS) is 10.8. The number of rotatable bonds is 2. The predicted octanol–water partition coefficient (Wildman–Crippen LogP) is 1.15. The molecule has 2 aromatic heterocycles. The van der Waals surface area contributed by atoms with E-state index >= 15 is 0 Å². The summed E-state index contributed by atoms with van der Waals surface area (Å²) in [5, 5.41) is 4.12. The third kappa shape index (κ3) is 1.83. The van der Waals surface area contributed by atoms with Gasteiger partial charge in [-0.1, -0.05) is 12.1 Å². The van der Waals surface area contributed by atoms with Crippen molar-refractivity contribution < 1.29 is 0 Å². The Morgan fingerprint density at radius 1 is 1.37 bits per heavy atom. The summed E-state index contributed by atoms with van der Waals surface area (Å²) in [5.74, 6) is 0.596. The summed E-state index contributed by atoms with van der Waals surface area (Å²) < 4.78 is 3.15. The van der Waals surface area contributed by atoms with Gasteiger partial charge >= 0.3 is 5.69 Å². The Morgan fingerprint density at radius 2 is 2.21 bits per heavy atom. The molecule has 0 saturated carbocycles. The zero-order valence-electron chi connectivity index (χ0n) is 10.4. The minimum absolute atomic E-state index is 0.170. The van der Waals surface area contributed by atoms with Crippen LogP contribution in [0.15, 0.2) is 47.7 Å². The van der Waals surface area contributed by atoms with Gasteiger partial charge in [0.25, 0.3) is 0 Å². The molecular formula is C13H13N5O. The molecule has 0 aliphatic carbocycles. The third-order valence-electron chi connectivity index (χ3n) is 3.07. The van der Waals surface area contributed by atoms with Crippen LogP contribution in [-0.4, -0.2) is 19.3 Å². The van der Waals surface area contributed by atoms with E-state index < -0.39 is 0 Å². The number of hydrogen-bond donors (Lipinski definition) is 2. The molecule has 3 rings (SSSR count). The van der Waals surface area contributed by atoms with Crippen LogP contribution in [0.2, 0.25) is 0 Å². The summed E-state index contributed by atoms with van der Waals surface area (Å²) in [6, 6.07) is 7.60. The van der Waals surface area contributed by atoms with E-state index in [0.29, 0.717) is 5.82 Å². The quantitative estimate of drug-likeness (QED) is 0.720. The fourth-order valence-electron chi connectivity index (χ4n) is 2.02.